The summed E-state index contributed by atoms with van der Waals surface area (Å²) in [6.45, 7) is 7.05. The van der Waals surface area contributed by atoms with Crippen LogP contribution >= 0.6 is 0 Å². The molecule has 0 aliphatic rings. The van der Waals surface area contributed by atoms with Crippen molar-refractivity contribution < 1.29 is 0 Å². The van der Waals surface area contributed by atoms with E-state index in [4.69, 9.17) is 6.57 Å². The Morgan fingerprint density at radius 2 is 1.75 bits per heavy atom. The Labute approximate surface area is 93.5 Å². The fraction of sp³-hybridized carbons (Fsp3) is 0.0714. The first-order valence-corrected chi connectivity index (χ1v) is 5.16. The minimum absolute atomic E-state index is 0.698. The van der Waals surface area contributed by atoms with E-state index in [0.29, 0.717) is 5.69 Å². The third kappa shape index (κ3) is 1.06. The van der Waals surface area contributed by atoms with Crippen LogP contribution in [0.1, 0.15) is 0 Å². The van der Waals surface area contributed by atoms with E-state index < -0.39 is 0 Å². The summed E-state index contributed by atoms with van der Waals surface area (Å²) in [6, 6.07) is 14.1. The van der Waals surface area contributed by atoms with E-state index >= 15 is 0 Å². The highest BCUT2D eigenvalue weighted by molar-refractivity contribution is 6.08. The molecule has 0 bridgehead atoms. The van der Waals surface area contributed by atoms with Crippen molar-refractivity contribution in [3.63, 3.8) is 0 Å². The molecule has 0 unspecified atom stereocenters. The van der Waals surface area contributed by atoms with E-state index in [1.54, 1.807) is 0 Å². The first-order chi connectivity index (χ1) is 7.81. The monoisotopic (exact) mass is 206 g/mol. The molecule has 3 rings (SSSR count). The van der Waals surface area contributed by atoms with Gasteiger partial charge in [-0.3, -0.25) is 0 Å². The molecule has 0 spiro atoms. The van der Waals surface area contributed by atoms with Gasteiger partial charge in [0.2, 0.25) is 0 Å². The predicted molar refractivity (Wildman–Crippen MR) is 66.7 cm³/mol. The minimum atomic E-state index is 0.698. The maximum atomic E-state index is 7.05. The lowest BCUT2D eigenvalue weighted by Crippen LogP contribution is -1.85. The molecule has 2 heteroatoms. The van der Waals surface area contributed by atoms with Crippen molar-refractivity contribution in [2.75, 3.05) is 0 Å². The largest absolute Gasteiger partial charge is 0.344 e. The summed E-state index contributed by atoms with van der Waals surface area (Å²) in [5, 5.41) is 2.37. The SMILES string of the molecule is [C-]#[N+]c1ccc2c(c1)c1ccccc1n2C. The quantitative estimate of drug-likeness (QED) is 0.494. The van der Waals surface area contributed by atoms with Crippen LogP contribution in [0, 0.1) is 6.57 Å². The van der Waals surface area contributed by atoms with Gasteiger partial charge in [-0.1, -0.05) is 24.3 Å². The van der Waals surface area contributed by atoms with Gasteiger partial charge in [0, 0.05) is 23.5 Å². The van der Waals surface area contributed by atoms with Crippen LogP contribution in [0.15, 0.2) is 42.5 Å². The number of fused-ring (bicyclic) bond motifs is 3. The lowest BCUT2D eigenvalue weighted by atomic mass is 10.1. The van der Waals surface area contributed by atoms with Crippen molar-refractivity contribution in [2.24, 2.45) is 7.05 Å². The van der Waals surface area contributed by atoms with Gasteiger partial charge in [-0.15, -0.1) is 0 Å². The number of aromatic nitrogens is 1. The average Bonchev–Trinajstić information content (AvgIpc) is 2.64. The van der Waals surface area contributed by atoms with Gasteiger partial charge in [0.15, 0.2) is 5.69 Å². The summed E-state index contributed by atoms with van der Waals surface area (Å²) in [5.41, 5.74) is 3.08. The van der Waals surface area contributed by atoms with Gasteiger partial charge in [-0.25, -0.2) is 4.85 Å². The van der Waals surface area contributed by atoms with Crippen LogP contribution in [-0.4, -0.2) is 4.57 Å². The summed E-state index contributed by atoms with van der Waals surface area (Å²) in [6.07, 6.45) is 0. The minimum Gasteiger partial charge on any atom is -0.344 e. The molecule has 0 atom stereocenters. The highest BCUT2D eigenvalue weighted by Gasteiger charge is 2.07. The van der Waals surface area contributed by atoms with Crippen LogP contribution in [0.2, 0.25) is 0 Å². The molecule has 3 aromatic rings. The Morgan fingerprint density at radius 1 is 1.00 bits per heavy atom. The van der Waals surface area contributed by atoms with Crippen molar-refractivity contribution >= 4 is 27.5 Å². The fourth-order valence-electron chi connectivity index (χ4n) is 2.23. The molecular formula is C14H10N2. The molecule has 16 heavy (non-hydrogen) atoms. The van der Waals surface area contributed by atoms with Gasteiger partial charge in [-0.2, -0.15) is 0 Å². The van der Waals surface area contributed by atoms with Gasteiger partial charge >= 0.3 is 0 Å². The van der Waals surface area contributed by atoms with Crippen molar-refractivity contribution in [1.29, 1.82) is 0 Å². The highest BCUT2D eigenvalue weighted by atomic mass is 14.9. The van der Waals surface area contributed by atoms with Crippen LogP contribution in [-0.2, 0) is 7.05 Å². The topological polar surface area (TPSA) is 9.29 Å². The number of aryl methyl sites for hydroxylation is 1. The zero-order valence-electron chi connectivity index (χ0n) is 8.94. The Balaban J connectivity index is 2.58. The Bertz CT molecular complexity index is 729. The third-order valence-corrected chi connectivity index (χ3v) is 3.03. The first kappa shape index (κ1) is 8.99. The third-order valence-electron chi connectivity index (χ3n) is 3.03. The molecule has 0 amide bonds. The lowest BCUT2D eigenvalue weighted by Gasteiger charge is -1.96. The molecule has 1 heterocycles. The zero-order valence-corrected chi connectivity index (χ0v) is 8.94. The molecule has 0 N–H and O–H groups in total. The van der Waals surface area contributed by atoms with E-state index in [9.17, 15) is 0 Å². The second-order valence-corrected chi connectivity index (χ2v) is 3.89. The van der Waals surface area contributed by atoms with Crippen LogP contribution in [0.3, 0.4) is 0 Å². The summed E-state index contributed by atoms with van der Waals surface area (Å²) in [7, 11) is 2.06. The Hall–Kier alpha value is -2.27. The van der Waals surface area contributed by atoms with Gasteiger partial charge in [0.25, 0.3) is 0 Å². The maximum Gasteiger partial charge on any atom is 0.188 e. The van der Waals surface area contributed by atoms with Crippen LogP contribution < -0.4 is 0 Å². The number of para-hydroxylation sites is 1. The summed E-state index contributed by atoms with van der Waals surface area (Å²) in [5.74, 6) is 0. The molecule has 0 saturated heterocycles. The number of nitrogens with zero attached hydrogens (tertiary/aromatic N) is 2. The van der Waals surface area contributed by atoms with Crippen molar-refractivity contribution in [3.8, 4) is 0 Å². The first-order valence-electron chi connectivity index (χ1n) is 5.16. The van der Waals surface area contributed by atoms with Gasteiger partial charge in [0.1, 0.15) is 0 Å². The van der Waals surface area contributed by atoms with Gasteiger partial charge in [0.05, 0.1) is 6.57 Å². The van der Waals surface area contributed by atoms with E-state index in [1.807, 2.05) is 30.3 Å². The summed E-state index contributed by atoms with van der Waals surface area (Å²) >= 11 is 0. The van der Waals surface area contributed by atoms with Gasteiger partial charge < -0.3 is 4.57 Å². The van der Waals surface area contributed by atoms with Crippen molar-refractivity contribution in [3.05, 3.63) is 53.9 Å². The summed E-state index contributed by atoms with van der Waals surface area (Å²) < 4.78 is 2.17. The van der Waals surface area contributed by atoms with Crippen molar-refractivity contribution in [2.45, 2.75) is 0 Å². The maximum absolute atomic E-state index is 7.05. The number of hydrogen-bond donors (Lipinski definition) is 0. The van der Waals surface area contributed by atoms with Crippen LogP contribution in [0.4, 0.5) is 5.69 Å². The number of rotatable bonds is 0. The van der Waals surface area contributed by atoms with Crippen LogP contribution in [0.5, 0.6) is 0 Å². The van der Waals surface area contributed by atoms with E-state index in [2.05, 4.69) is 28.6 Å². The van der Waals surface area contributed by atoms with E-state index in [-0.39, 0.29) is 0 Å². The summed E-state index contributed by atoms with van der Waals surface area (Å²) in [4.78, 5) is 3.48. The van der Waals surface area contributed by atoms with E-state index in [0.717, 1.165) is 5.39 Å². The molecule has 2 aromatic carbocycles. The molecule has 2 nitrogen and oxygen atoms in total. The average molecular weight is 206 g/mol. The molecule has 1 aromatic heterocycles. The van der Waals surface area contributed by atoms with Gasteiger partial charge in [-0.05, 0) is 23.6 Å². The Kier molecular flexibility index (Phi) is 1.75. The highest BCUT2D eigenvalue weighted by Crippen LogP contribution is 2.30. The molecule has 0 fully saturated rings. The number of hydrogen-bond acceptors (Lipinski definition) is 0. The van der Waals surface area contributed by atoms with Crippen LogP contribution in [0.25, 0.3) is 26.7 Å². The zero-order chi connectivity index (χ0) is 11.1. The fourth-order valence-corrected chi connectivity index (χ4v) is 2.23. The molecule has 0 radical (unpaired) electrons. The molecule has 0 saturated carbocycles. The Morgan fingerprint density at radius 3 is 2.56 bits per heavy atom. The predicted octanol–water partition coefficient (Wildman–Crippen LogP) is 3.88. The molecule has 0 aliphatic heterocycles. The molecule has 0 aliphatic carbocycles. The normalized spacial score (nSPS) is 10.8. The standard InChI is InChI=1S/C14H10N2/c1-15-10-7-8-14-12(9-10)11-5-3-4-6-13(11)16(14)2/h3-9H,2H3. The second-order valence-electron chi connectivity index (χ2n) is 3.89. The number of benzene rings is 2. The lowest BCUT2D eigenvalue weighted by molar-refractivity contribution is 1.01. The van der Waals surface area contributed by atoms with E-state index in [1.165, 1.54) is 16.4 Å². The van der Waals surface area contributed by atoms with Crippen molar-refractivity contribution in [1.82, 2.24) is 4.57 Å². The molecule has 76 valence electrons. The smallest absolute Gasteiger partial charge is 0.188 e. The molecular weight excluding hydrogens is 196 g/mol. The second kappa shape index (κ2) is 3.11.